The summed E-state index contributed by atoms with van der Waals surface area (Å²) in [7, 11) is 0. The third kappa shape index (κ3) is 9.26. The van der Waals surface area contributed by atoms with E-state index in [1.54, 1.807) is 0 Å². The summed E-state index contributed by atoms with van der Waals surface area (Å²) in [6.07, 6.45) is 3.10. The summed E-state index contributed by atoms with van der Waals surface area (Å²) in [5.74, 6) is 0.496. The molecule has 0 unspecified atom stereocenters. The highest BCUT2D eigenvalue weighted by Gasteiger charge is 2.27. The Hall–Kier alpha value is -1.10. The highest BCUT2D eigenvalue weighted by atomic mass is 127. The second-order valence-electron chi connectivity index (χ2n) is 5.21. The van der Waals surface area contributed by atoms with Crippen molar-refractivity contribution in [3.8, 4) is 0 Å². The number of hydrogen-bond acceptors (Lipinski definition) is 4. The van der Waals surface area contributed by atoms with Gasteiger partial charge in [-0.05, 0) is 19.8 Å². The van der Waals surface area contributed by atoms with Gasteiger partial charge in [-0.25, -0.2) is 4.79 Å². The van der Waals surface area contributed by atoms with Gasteiger partial charge in [0.1, 0.15) is 0 Å². The monoisotopic (exact) mass is 455 g/mol. The molecule has 3 amide bonds. The molecule has 0 aromatic heterocycles. The zero-order chi connectivity index (χ0) is 16.9. The standard InChI is InChI=1S/C15H29N5O3.HI/c1-3-5-10-23-11-6-7-17-14(16-4-2)18-8-9-20-13(21)12-19-15(20)22;/h3-12H2,1-2H3,(H,19,22)(H2,16,17,18);1H. The predicted molar refractivity (Wildman–Crippen MR) is 105 cm³/mol. The molecule has 1 saturated heterocycles. The van der Waals surface area contributed by atoms with Crippen LogP contribution in [0.2, 0.25) is 0 Å². The molecule has 1 rings (SSSR count). The smallest absolute Gasteiger partial charge is 0.324 e. The number of aliphatic imine (C=N–C) groups is 1. The lowest BCUT2D eigenvalue weighted by Gasteiger charge is -2.15. The largest absolute Gasteiger partial charge is 0.381 e. The van der Waals surface area contributed by atoms with E-state index in [0.717, 1.165) is 32.4 Å². The minimum absolute atomic E-state index is 0. The molecule has 0 radical (unpaired) electrons. The van der Waals surface area contributed by atoms with Gasteiger partial charge in [0.25, 0.3) is 0 Å². The van der Waals surface area contributed by atoms with E-state index in [1.807, 2.05) is 6.92 Å². The molecular weight excluding hydrogens is 425 g/mol. The van der Waals surface area contributed by atoms with Gasteiger partial charge in [-0.2, -0.15) is 0 Å². The second kappa shape index (κ2) is 14.3. The number of rotatable bonds is 11. The molecule has 24 heavy (non-hydrogen) atoms. The van der Waals surface area contributed by atoms with Crippen molar-refractivity contribution in [1.82, 2.24) is 20.9 Å². The van der Waals surface area contributed by atoms with E-state index < -0.39 is 0 Å². The van der Waals surface area contributed by atoms with E-state index >= 15 is 0 Å². The number of imide groups is 1. The van der Waals surface area contributed by atoms with Crippen molar-refractivity contribution in [3.63, 3.8) is 0 Å². The van der Waals surface area contributed by atoms with Crippen molar-refractivity contribution in [3.05, 3.63) is 0 Å². The van der Waals surface area contributed by atoms with Gasteiger partial charge < -0.3 is 20.7 Å². The van der Waals surface area contributed by atoms with Crippen LogP contribution >= 0.6 is 24.0 Å². The molecule has 0 saturated carbocycles. The Labute approximate surface area is 161 Å². The average Bonchev–Trinajstić information content (AvgIpc) is 2.85. The Morgan fingerprint density at radius 1 is 1.25 bits per heavy atom. The van der Waals surface area contributed by atoms with Crippen molar-refractivity contribution < 1.29 is 14.3 Å². The molecule has 0 bridgehead atoms. The maximum absolute atomic E-state index is 11.5. The number of hydrogen-bond donors (Lipinski definition) is 3. The maximum atomic E-state index is 11.5. The Kier molecular flexibility index (Phi) is 13.6. The summed E-state index contributed by atoms with van der Waals surface area (Å²) < 4.78 is 5.49. The van der Waals surface area contributed by atoms with E-state index in [9.17, 15) is 9.59 Å². The van der Waals surface area contributed by atoms with E-state index in [2.05, 4.69) is 27.9 Å². The lowest BCUT2D eigenvalue weighted by atomic mass is 10.4. The van der Waals surface area contributed by atoms with E-state index in [4.69, 9.17) is 4.74 Å². The van der Waals surface area contributed by atoms with Gasteiger partial charge >= 0.3 is 6.03 Å². The van der Waals surface area contributed by atoms with Gasteiger partial charge in [0.2, 0.25) is 5.91 Å². The molecule has 0 spiro atoms. The minimum Gasteiger partial charge on any atom is -0.381 e. The number of carbonyl (C=O) groups is 2. The van der Waals surface area contributed by atoms with Crippen LogP contribution in [0.5, 0.6) is 0 Å². The molecule has 0 aromatic rings. The number of nitrogens with zero attached hydrogens (tertiary/aromatic N) is 2. The SMILES string of the molecule is CCCCOCCCN=C(NCC)NCCN1C(=O)CNC1=O.I. The van der Waals surface area contributed by atoms with Gasteiger partial charge in [-0.15, -0.1) is 24.0 Å². The van der Waals surface area contributed by atoms with Gasteiger partial charge in [0.05, 0.1) is 6.54 Å². The van der Waals surface area contributed by atoms with Crippen LogP contribution in [-0.2, 0) is 9.53 Å². The third-order valence-corrected chi connectivity index (χ3v) is 3.27. The van der Waals surface area contributed by atoms with Crippen LogP contribution in [0, 0.1) is 0 Å². The van der Waals surface area contributed by atoms with Crippen molar-refractivity contribution in [2.45, 2.75) is 33.1 Å². The Bertz CT molecular complexity index is 391. The number of ether oxygens (including phenoxy) is 1. The lowest BCUT2D eigenvalue weighted by molar-refractivity contribution is -0.124. The number of halogens is 1. The van der Waals surface area contributed by atoms with Crippen LogP contribution in [0.1, 0.15) is 33.1 Å². The minimum atomic E-state index is -0.331. The summed E-state index contributed by atoms with van der Waals surface area (Å²) in [6.45, 7) is 7.96. The molecule has 9 heteroatoms. The first-order chi connectivity index (χ1) is 11.2. The van der Waals surface area contributed by atoms with Gasteiger partial charge in [-0.3, -0.25) is 14.7 Å². The summed E-state index contributed by atoms with van der Waals surface area (Å²) in [5.41, 5.74) is 0. The fourth-order valence-electron chi connectivity index (χ4n) is 2.02. The first-order valence-electron chi connectivity index (χ1n) is 8.37. The maximum Gasteiger partial charge on any atom is 0.324 e. The zero-order valence-electron chi connectivity index (χ0n) is 14.6. The second-order valence-corrected chi connectivity index (χ2v) is 5.21. The average molecular weight is 455 g/mol. The van der Waals surface area contributed by atoms with E-state index in [1.165, 1.54) is 4.90 Å². The lowest BCUT2D eigenvalue weighted by Crippen LogP contribution is -2.43. The predicted octanol–water partition coefficient (Wildman–Crippen LogP) is 0.918. The summed E-state index contributed by atoms with van der Waals surface area (Å²) in [6, 6.07) is -0.331. The van der Waals surface area contributed by atoms with Crippen molar-refractivity contribution in [2.75, 3.05) is 45.9 Å². The first-order valence-corrected chi connectivity index (χ1v) is 8.37. The number of unbranched alkanes of at least 4 members (excludes halogenated alkanes) is 1. The van der Waals surface area contributed by atoms with Crippen LogP contribution in [0.4, 0.5) is 4.79 Å². The zero-order valence-corrected chi connectivity index (χ0v) is 16.9. The summed E-state index contributed by atoms with van der Waals surface area (Å²) >= 11 is 0. The highest BCUT2D eigenvalue weighted by Crippen LogP contribution is 1.97. The molecule has 0 atom stereocenters. The molecule has 0 aliphatic carbocycles. The molecular formula is C15H30IN5O3. The van der Waals surface area contributed by atoms with Crippen molar-refractivity contribution >= 4 is 41.9 Å². The molecule has 140 valence electrons. The topological polar surface area (TPSA) is 95.1 Å². The Morgan fingerprint density at radius 2 is 2.00 bits per heavy atom. The van der Waals surface area contributed by atoms with Crippen LogP contribution in [0.25, 0.3) is 0 Å². The number of carbonyl (C=O) groups excluding carboxylic acids is 2. The van der Waals surface area contributed by atoms with Crippen molar-refractivity contribution in [1.29, 1.82) is 0 Å². The quantitative estimate of drug-likeness (QED) is 0.142. The van der Waals surface area contributed by atoms with Gasteiger partial charge in [0.15, 0.2) is 5.96 Å². The van der Waals surface area contributed by atoms with Crippen LogP contribution < -0.4 is 16.0 Å². The number of guanidine groups is 1. The van der Waals surface area contributed by atoms with Gasteiger partial charge in [0, 0.05) is 39.4 Å². The molecule has 3 N–H and O–H groups in total. The third-order valence-electron chi connectivity index (χ3n) is 3.27. The molecule has 1 aliphatic heterocycles. The molecule has 1 aliphatic rings. The molecule has 8 nitrogen and oxygen atoms in total. The Morgan fingerprint density at radius 3 is 2.62 bits per heavy atom. The van der Waals surface area contributed by atoms with Crippen molar-refractivity contribution in [2.24, 2.45) is 4.99 Å². The van der Waals surface area contributed by atoms with Crippen LogP contribution in [-0.4, -0.2) is 68.7 Å². The Balaban J connectivity index is 0.00000529. The molecule has 1 heterocycles. The highest BCUT2D eigenvalue weighted by molar-refractivity contribution is 14.0. The fourth-order valence-corrected chi connectivity index (χ4v) is 2.02. The van der Waals surface area contributed by atoms with Crippen LogP contribution in [0.3, 0.4) is 0 Å². The van der Waals surface area contributed by atoms with E-state index in [0.29, 0.717) is 32.2 Å². The summed E-state index contributed by atoms with van der Waals surface area (Å²) in [5, 5.41) is 8.76. The fraction of sp³-hybridized carbons (Fsp3) is 0.800. The van der Waals surface area contributed by atoms with E-state index in [-0.39, 0.29) is 42.5 Å². The first kappa shape index (κ1) is 22.9. The number of urea groups is 1. The normalized spacial score (nSPS) is 14.4. The number of nitrogens with one attached hydrogen (secondary N) is 3. The van der Waals surface area contributed by atoms with Crippen LogP contribution in [0.15, 0.2) is 4.99 Å². The molecule has 0 aromatic carbocycles. The summed E-state index contributed by atoms with van der Waals surface area (Å²) in [4.78, 5) is 28.5. The number of amides is 3. The molecule has 1 fully saturated rings. The van der Waals surface area contributed by atoms with Gasteiger partial charge in [-0.1, -0.05) is 13.3 Å².